The van der Waals surface area contributed by atoms with Gasteiger partial charge in [-0.3, -0.25) is 4.79 Å². The molecule has 16 heavy (non-hydrogen) atoms. The fraction of sp³-hybridized carbons (Fsp3) is 0.364. The molecule has 0 saturated carbocycles. The fourth-order valence-electron chi connectivity index (χ4n) is 1.62. The summed E-state index contributed by atoms with van der Waals surface area (Å²) in [4.78, 5) is 11.1. The Balaban J connectivity index is 2.20. The van der Waals surface area contributed by atoms with Crippen LogP contribution >= 0.6 is 0 Å². The molecule has 0 saturated heterocycles. The molecule has 1 aliphatic heterocycles. The van der Waals surface area contributed by atoms with Gasteiger partial charge in [-0.1, -0.05) is 12.1 Å². The molecule has 1 atom stereocenters. The Morgan fingerprint density at radius 1 is 1.56 bits per heavy atom. The molecule has 2 N–H and O–H groups in total. The van der Waals surface area contributed by atoms with E-state index in [1.54, 1.807) is 6.07 Å². The zero-order valence-corrected chi connectivity index (χ0v) is 8.93. The van der Waals surface area contributed by atoms with Crippen LogP contribution in [0.2, 0.25) is 0 Å². The van der Waals surface area contributed by atoms with E-state index in [1.807, 2.05) is 12.1 Å². The minimum absolute atomic E-state index is 0.121. The maximum Gasteiger partial charge on any atom is 0.307 e. The maximum absolute atomic E-state index is 11.1. The van der Waals surface area contributed by atoms with Gasteiger partial charge in [-0.2, -0.15) is 0 Å². The van der Waals surface area contributed by atoms with Gasteiger partial charge in [0.1, 0.15) is 0 Å². The number of nitrogens with two attached hydrogens (primary N) is 1. The third-order valence-electron chi connectivity index (χ3n) is 2.44. The average molecular weight is 223 g/mol. The van der Waals surface area contributed by atoms with E-state index in [1.165, 1.54) is 7.11 Å². The van der Waals surface area contributed by atoms with Crippen LogP contribution in [0.5, 0.6) is 11.5 Å². The second-order valence-corrected chi connectivity index (χ2v) is 3.47. The molecule has 5 nitrogen and oxygen atoms in total. The molecule has 1 aliphatic rings. The molecule has 86 valence electrons. The van der Waals surface area contributed by atoms with Crippen molar-refractivity contribution >= 4 is 5.97 Å². The van der Waals surface area contributed by atoms with Gasteiger partial charge >= 0.3 is 5.97 Å². The lowest BCUT2D eigenvalue weighted by atomic mass is 10.0. The number of hydrogen-bond donors (Lipinski definition) is 1. The van der Waals surface area contributed by atoms with Crippen molar-refractivity contribution in [2.75, 3.05) is 13.9 Å². The van der Waals surface area contributed by atoms with Crippen molar-refractivity contribution < 1.29 is 19.0 Å². The molecule has 0 radical (unpaired) electrons. The lowest BCUT2D eigenvalue weighted by molar-refractivity contribution is -0.141. The SMILES string of the molecule is COC(=O)CC(N)c1cccc2c1OCO2. The van der Waals surface area contributed by atoms with Crippen LogP contribution in [0, 0.1) is 0 Å². The van der Waals surface area contributed by atoms with E-state index in [9.17, 15) is 4.79 Å². The molecule has 0 aromatic heterocycles. The molecule has 0 fully saturated rings. The van der Waals surface area contributed by atoms with Crippen LogP contribution in [0.25, 0.3) is 0 Å². The van der Waals surface area contributed by atoms with Crippen molar-refractivity contribution in [3.63, 3.8) is 0 Å². The van der Waals surface area contributed by atoms with Crippen molar-refractivity contribution in [2.45, 2.75) is 12.5 Å². The van der Waals surface area contributed by atoms with Crippen LogP contribution in [0.15, 0.2) is 18.2 Å². The van der Waals surface area contributed by atoms with Crippen LogP contribution in [-0.2, 0) is 9.53 Å². The van der Waals surface area contributed by atoms with Crippen LogP contribution < -0.4 is 15.2 Å². The third-order valence-corrected chi connectivity index (χ3v) is 2.44. The Kier molecular flexibility index (Phi) is 2.96. The van der Waals surface area contributed by atoms with Crippen LogP contribution in [0.1, 0.15) is 18.0 Å². The second-order valence-electron chi connectivity index (χ2n) is 3.47. The molecule has 0 spiro atoms. The van der Waals surface area contributed by atoms with E-state index in [2.05, 4.69) is 4.74 Å². The summed E-state index contributed by atoms with van der Waals surface area (Å²) in [6, 6.07) is 5.00. The van der Waals surface area contributed by atoms with Crippen molar-refractivity contribution in [3.8, 4) is 11.5 Å². The monoisotopic (exact) mass is 223 g/mol. The normalized spacial score (nSPS) is 14.6. The quantitative estimate of drug-likeness (QED) is 0.773. The standard InChI is InChI=1S/C11H13NO4/c1-14-10(13)5-8(12)7-3-2-4-9-11(7)16-6-15-9/h2-4,8H,5-6,12H2,1H3. The molecule has 0 bridgehead atoms. The van der Waals surface area contributed by atoms with Crippen molar-refractivity contribution in [2.24, 2.45) is 5.73 Å². The Bertz CT molecular complexity index is 405. The number of methoxy groups -OCH3 is 1. The van der Waals surface area contributed by atoms with Crippen molar-refractivity contribution in [3.05, 3.63) is 23.8 Å². The number of carbonyl (C=O) groups excluding carboxylic acids is 1. The molecular weight excluding hydrogens is 210 g/mol. The van der Waals surface area contributed by atoms with Gasteiger partial charge in [0.25, 0.3) is 0 Å². The van der Waals surface area contributed by atoms with Gasteiger partial charge in [0.15, 0.2) is 11.5 Å². The van der Waals surface area contributed by atoms with Crippen LogP contribution in [0.4, 0.5) is 0 Å². The first-order chi connectivity index (χ1) is 7.72. The number of rotatable bonds is 3. The predicted octanol–water partition coefficient (Wildman–Crippen LogP) is 0.978. The summed E-state index contributed by atoms with van der Waals surface area (Å²) >= 11 is 0. The first-order valence-electron chi connectivity index (χ1n) is 4.93. The lowest BCUT2D eigenvalue weighted by Crippen LogP contribution is -2.16. The van der Waals surface area contributed by atoms with Gasteiger partial charge in [-0.05, 0) is 6.07 Å². The maximum atomic E-state index is 11.1. The summed E-state index contributed by atoms with van der Waals surface area (Å²) < 4.78 is 15.1. The highest BCUT2D eigenvalue weighted by Gasteiger charge is 2.22. The summed E-state index contributed by atoms with van der Waals surface area (Å²) in [6.07, 6.45) is 0.121. The molecule has 1 heterocycles. The first kappa shape index (κ1) is 10.8. The van der Waals surface area contributed by atoms with E-state index in [0.717, 1.165) is 5.56 Å². The number of hydrogen-bond acceptors (Lipinski definition) is 5. The average Bonchev–Trinajstić information content (AvgIpc) is 2.76. The number of carbonyl (C=O) groups is 1. The number of benzene rings is 1. The van der Waals surface area contributed by atoms with E-state index in [0.29, 0.717) is 11.5 Å². The Morgan fingerprint density at radius 2 is 2.38 bits per heavy atom. The minimum Gasteiger partial charge on any atom is -0.469 e. The highest BCUT2D eigenvalue weighted by atomic mass is 16.7. The second kappa shape index (κ2) is 4.40. The van der Waals surface area contributed by atoms with Crippen molar-refractivity contribution in [1.29, 1.82) is 0 Å². The van der Waals surface area contributed by atoms with E-state index < -0.39 is 6.04 Å². The van der Waals surface area contributed by atoms with Gasteiger partial charge in [-0.25, -0.2) is 0 Å². The van der Waals surface area contributed by atoms with Gasteiger partial charge in [0.2, 0.25) is 6.79 Å². The lowest BCUT2D eigenvalue weighted by Gasteiger charge is -2.12. The van der Waals surface area contributed by atoms with Gasteiger partial charge in [0, 0.05) is 11.6 Å². The summed E-state index contributed by atoms with van der Waals surface area (Å²) in [7, 11) is 1.34. The van der Waals surface area contributed by atoms with Crippen molar-refractivity contribution in [1.82, 2.24) is 0 Å². The molecule has 1 aromatic rings. The number of para-hydroxylation sites is 1. The van der Waals surface area contributed by atoms with Gasteiger partial charge in [0.05, 0.1) is 13.5 Å². The zero-order valence-electron chi connectivity index (χ0n) is 8.93. The third kappa shape index (κ3) is 1.94. The number of ether oxygens (including phenoxy) is 3. The summed E-state index contributed by atoms with van der Waals surface area (Å²) in [5.41, 5.74) is 6.67. The Hall–Kier alpha value is -1.75. The number of fused-ring (bicyclic) bond motifs is 1. The predicted molar refractivity (Wildman–Crippen MR) is 56.1 cm³/mol. The topological polar surface area (TPSA) is 70.8 Å². The van der Waals surface area contributed by atoms with E-state index >= 15 is 0 Å². The van der Waals surface area contributed by atoms with Crippen LogP contribution in [-0.4, -0.2) is 19.9 Å². The van der Waals surface area contributed by atoms with E-state index in [-0.39, 0.29) is 19.2 Å². The largest absolute Gasteiger partial charge is 0.469 e. The Morgan fingerprint density at radius 3 is 3.12 bits per heavy atom. The fourth-order valence-corrected chi connectivity index (χ4v) is 1.62. The minimum atomic E-state index is -0.441. The van der Waals surface area contributed by atoms with E-state index in [4.69, 9.17) is 15.2 Å². The Labute approximate surface area is 93.1 Å². The molecule has 1 aromatic carbocycles. The zero-order chi connectivity index (χ0) is 11.5. The molecular formula is C11H13NO4. The van der Waals surface area contributed by atoms with Crippen LogP contribution in [0.3, 0.4) is 0 Å². The highest BCUT2D eigenvalue weighted by molar-refractivity contribution is 5.70. The molecule has 0 amide bonds. The molecule has 5 heteroatoms. The molecule has 2 rings (SSSR count). The van der Waals surface area contributed by atoms with Gasteiger partial charge < -0.3 is 19.9 Å². The smallest absolute Gasteiger partial charge is 0.307 e. The molecule has 0 aliphatic carbocycles. The summed E-state index contributed by atoms with van der Waals surface area (Å²) in [5.74, 6) is 0.945. The summed E-state index contributed by atoms with van der Waals surface area (Å²) in [6.45, 7) is 0.192. The van der Waals surface area contributed by atoms with Gasteiger partial charge in [-0.15, -0.1) is 0 Å². The first-order valence-corrected chi connectivity index (χ1v) is 4.93. The summed E-state index contributed by atoms with van der Waals surface area (Å²) in [5, 5.41) is 0. The highest BCUT2D eigenvalue weighted by Crippen LogP contribution is 2.38. The number of esters is 1. The molecule has 1 unspecified atom stereocenters.